The van der Waals surface area contributed by atoms with Crippen LogP contribution < -0.4 is 5.32 Å². The van der Waals surface area contributed by atoms with Crippen molar-refractivity contribution >= 4 is 27.4 Å². The van der Waals surface area contributed by atoms with Crippen molar-refractivity contribution in [3.63, 3.8) is 0 Å². The summed E-state index contributed by atoms with van der Waals surface area (Å²) in [5.74, 6) is -0.561. The van der Waals surface area contributed by atoms with Gasteiger partial charge in [0.25, 0.3) is 0 Å². The zero-order chi connectivity index (χ0) is 19.3. The highest BCUT2D eigenvalue weighted by Gasteiger charge is 2.23. The highest BCUT2D eigenvalue weighted by atomic mass is 32.2. The number of Topliss-reactive ketones (excluding diaryl/α,β-unsaturated/α-hetero) is 1. The minimum atomic E-state index is -3.82. The molecule has 0 unspecified atom stereocenters. The largest absolute Gasteiger partial charge is 0.325 e. The van der Waals surface area contributed by atoms with E-state index in [4.69, 9.17) is 0 Å². The van der Waals surface area contributed by atoms with Crippen LogP contribution in [0.2, 0.25) is 0 Å². The van der Waals surface area contributed by atoms with Crippen molar-refractivity contribution in [3.8, 4) is 0 Å². The molecule has 7 heteroatoms. The average Bonchev–Trinajstić information content (AvgIpc) is 2.62. The first kappa shape index (κ1) is 19.8. The van der Waals surface area contributed by atoms with Crippen LogP contribution in [-0.4, -0.2) is 38.0 Å². The molecule has 0 spiro atoms. The van der Waals surface area contributed by atoms with E-state index in [1.54, 1.807) is 6.07 Å². The number of nitrogens with one attached hydrogen (secondary N) is 1. The van der Waals surface area contributed by atoms with Crippen molar-refractivity contribution in [2.75, 3.05) is 18.9 Å². The van der Waals surface area contributed by atoms with Gasteiger partial charge in [0.05, 0.1) is 11.4 Å². The molecule has 0 aliphatic rings. The maximum absolute atomic E-state index is 12.6. The molecule has 1 N–H and O–H groups in total. The summed E-state index contributed by atoms with van der Waals surface area (Å²) in [7, 11) is -2.48. The maximum Gasteiger partial charge on any atom is 0.243 e. The number of sulfonamides is 1. The topological polar surface area (TPSA) is 83.6 Å². The van der Waals surface area contributed by atoms with Gasteiger partial charge in [-0.25, -0.2) is 8.42 Å². The summed E-state index contributed by atoms with van der Waals surface area (Å²) in [4.78, 5) is 23.6. The molecule has 6 nitrogen and oxygen atoms in total. The van der Waals surface area contributed by atoms with Crippen molar-refractivity contribution in [3.05, 3.63) is 59.7 Å². The molecule has 2 rings (SSSR count). The van der Waals surface area contributed by atoms with Gasteiger partial charge in [0.1, 0.15) is 0 Å². The van der Waals surface area contributed by atoms with Crippen LogP contribution in [-0.2, 0) is 21.2 Å². The zero-order valence-electron chi connectivity index (χ0n) is 15.0. The quantitative estimate of drug-likeness (QED) is 0.755. The van der Waals surface area contributed by atoms with Crippen molar-refractivity contribution < 1.29 is 18.0 Å². The van der Waals surface area contributed by atoms with Crippen LogP contribution in [0.1, 0.15) is 29.8 Å². The summed E-state index contributed by atoms with van der Waals surface area (Å²) in [6.07, 6.45) is 0.757. The Morgan fingerprint density at radius 2 is 1.65 bits per heavy atom. The van der Waals surface area contributed by atoms with E-state index in [1.165, 1.54) is 38.2 Å². The number of hydrogen-bond acceptors (Lipinski definition) is 4. The SMILES string of the molecule is CCc1ccccc1NC(=O)CN(C)S(=O)(=O)c1ccc(C(C)=O)cc1. The van der Waals surface area contributed by atoms with E-state index in [0.717, 1.165) is 16.3 Å². The van der Waals surface area contributed by atoms with Gasteiger partial charge in [-0.2, -0.15) is 4.31 Å². The minimum absolute atomic E-state index is 0.0340. The van der Waals surface area contributed by atoms with E-state index in [9.17, 15) is 18.0 Å². The molecule has 0 saturated carbocycles. The highest BCUT2D eigenvalue weighted by molar-refractivity contribution is 7.89. The number of likely N-dealkylation sites (N-methyl/N-ethyl adjacent to an activating group) is 1. The first-order chi connectivity index (χ1) is 12.3. The number of para-hydroxylation sites is 1. The van der Waals surface area contributed by atoms with Crippen molar-refractivity contribution in [2.45, 2.75) is 25.2 Å². The second kappa shape index (κ2) is 8.25. The Kier molecular flexibility index (Phi) is 6.28. The summed E-state index contributed by atoms with van der Waals surface area (Å²) >= 11 is 0. The van der Waals surface area contributed by atoms with E-state index in [0.29, 0.717) is 11.3 Å². The number of anilines is 1. The molecule has 0 aliphatic heterocycles. The van der Waals surface area contributed by atoms with E-state index in [1.807, 2.05) is 25.1 Å². The zero-order valence-corrected chi connectivity index (χ0v) is 15.8. The fourth-order valence-electron chi connectivity index (χ4n) is 2.47. The number of rotatable bonds is 7. The minimum Gasteiger partial charge on any atom is -0.325 e. The fraction of sp³-hybridized carbons (Fsp3) is 0.263. The van der Waals surface area contributed by atoms with Gasteiger partial charge in [-0.1, -0.05) is 37.3 Å². The van der Waals surface area contributed by atoms with Crippen LogP contribution >= 0.6 is 0 Å². The van der Waals surface area contributed by atoms with Crippen molar-refractivity contribution in [1.29, 1.82) is 0 Å². The standard InChI is InChI=1S/C19H22N2O4S/c1-4-15-7-5-6-8-18(15)20-19(23)13-21(3)26(24,25)17-11-9-16(10-12-17)14(2)22/h5-12H,4,13H2,1-3H3,(H,20,23). The number of carbonyl (C=O) groups is 2. The third-order valence-electron chi connectivity index (χ3n) is 4.01. The van der Waals surface area contributed by atoms with Crippen LogP contribution in [0.4, 0.5) is 5.69 Å². The van der Waals surface area contributed by atoms with Crippen LogP contribution in [0.5, 0.6) is 0 Å². The Balaban J connectivity index is 2.11. The highest BCUT2D eigenvalue weighted by Crippen LogP contribution is 2.17. The van der Waals surface area contributed by atoms with Crippen molar-refractivity contribution in [2.24, 2.45) is 0 Å². The monoisotopic (exact) mass is 374 g/mol. The molecule has 0 bridgehead atoms. The summed E-state index contributed by atoms with van der Waals surface area (Å²) < 4.78 is 26.2. The number of hydrogen-bond donors (Lipinski definition) is 1. The average molecular weight is 374 g/mol. The number of ketones is 1. The molecule has 0 fully saturated rings. The Morgan fingerprint density at radius 1 is 1.04 bits per heavy atom. The van der Waals surface area contributed by atoms with Gasteiger partial charge in [0, 0.05) is 18.3 Å². The number of carbonyl (C=O) groups excluding carboxylic acids is 2. The Morgan fingerprint density at radius 3 is 2.23 bits per heavy atom. The maximum atomic E-state index is 12.6. The van der Waals surface area contributed by atoms with Gasteiger partial charge in [0.2, 0.25) is 15.9 Å². The van der Waals surface area contributed by atoms with Crippen molar-refractivity contribution in [1.82, 2.24) is 4.31 Å². The molecule has 138 valence electrons. The molecule has 0 aromatic heterocycles. The summed E-state index contributed by atoms with van der Waals surface area (Å²) in [6, 6.07) is 13.0. The smallest absolute Gasteiger partial charge is 0.243 e. The van der Waals surface area contributed by atoms with E-state index < -0.39 is 15.9 Å². The summed E-state index contributed by atoms with van der Waals surface area (Å²) in [5.41, 5.74) is 2.09. The fourth-order valence-corrected chi connectivity index (χ4v) is 3.60. The second-order valence-corrected chi connectivity index (χ2v) is 7.95. The summed E-state index contributed by atoms with van der Waals surface area (Å²) in [6.45, 7) is 3.08. The van der Waals surface area contributed by atoms with Crippen LogP contribution in [0.25, 0.3) is 0 Å². The van der Waals surface area contributed by atoms with Crippen LogP contribution in [0.3, 0.4) is 0 Å². The molecule has 0 saturated heterocycles. The lowest BCUT2D eigenvalue weighted by Gasteiger charge is -2.17. The third kappa shape index (κ3) is 4.56. The molecule has 1 amide bonds. The lowest BCUT2D eigenvalue weighted by Crippen LogP contribution is -2.35. The van der Waals surface area contributed by atoms with Gasteiger partial charge >= 0.3 is 0 Å². The lowest BCUT2D eigenvalue weighted by molar-refractivity contribution is -0.116. The predicted octanol–water partition coefficient (Wildman–Crippen LogP) is 2.71. The summed E-state index contributed by atoms with van der Waals surface area (Å²) in [5, 5.41) is 2.75. The van der Waals surface area contributed by atoms with Gasteiger partial charge in [-0.05, 0) is 37.1 Å². The normalized spacial score (nSPS) is 11.4. The Bertz CT molecular complexity index is 905. The van der Waals surface area contributed by atoms with Gasteiger partial charge < -0.3 is 5.32 Å². The first-order valence-electron chi connectivity index (χ1n) is 8.20. The van der Waals surface area contributed by atoms with Crippen LogP contribution in [0, 0.1) is 0 Å². The molecular weight excluding hydrogens is 352 g/mol. The van der Waals surface area contributed by atoms with Crippen LogP contribution in [0.15, 0.2) is 53.4 Å². The number of benzene rings is 2. The second-order valence-electron chi connectivity index (χ2n) is 5.90. The number of nitrogens with zero attached hydrogens (tertiary/aromatic N) is 1. The molecule has 26 heavy (non-hydrogen) atoms. The Labute approximate surface area is 153 Å². The molecular formula is C19H22N2O4S. The van der Waals surface area contributed by atoms with Gasteiger partial charge in [-0.3, -0.25) is 9.59 Å². The molecule has 0 atom stereocenters. The first-order valence-corrected chi connectivity index (χ1v) is 9.64. The lowest BCUT2D eigenvalue weighted by atomic mass is 10.1. The predicted molar refractivity (Wildman–Crippen MR) is 101 cm³/mol. The Hall–Kier alpha value is -2.51. The molecule has 0 radical (unpaired) electrons. The van der Waals surface area contributed by atoms with E-state index in [2.05, 4.69) is 5.32 Å². The molecule has 0 aliphatic carbocycles. The molecule has 0 heterocycles. The van der Waals surface area contributed by atoms with Gasteiger partial charge in [0.15, 0.2) is 5.78 Å². The third-order valence-corrected chi connectivity index (χ3v) is 5.83. The number of amides is 1. The van der Waals surface area contributed by atoms with E-state index >= 15 is 0 Å². The van der Waals surface area contributed by atoms with E-state index in [-0.39, 0.29) is 17.2 Å². The molecule has 2 aromatic carbocycles. The van der Waals surface area contributed by atoms with Gasteiger partial charge in [-0.15, -0.1) is 0 Å². The number of aryl methyl sites for hydroxylation is 1. The molecule has 2 aromatic rings.